The standard InChI is InChI=1S/C28H27N.C13H13N.C7H8/c1-6-14-25-26(9-4)29(5)27(15-7-2)22(8-3)28(25)23-18-12-10-16-20(23)21-17-11-13-19-24(21)28;1-14(12-8-4-2-5-9-12)13-10-6-3-7-11-13;1-7-5-3-2-4-6-7/h6-19H,1,3H2,2,4-5H3;2-11H,1H3;2-6H,1H3/b15-7-,25-14+,26-9+;;. The molecule has 1 aliphatic heterocycles. The Labute approximate surface area is 300 Å². The lowest BCUT2D eigenvalue weighted by Crippen LogP contribution is -2.40. The molecule has 2 heteroatoms. The van der Waals surface area contributed by atoms with Gasteiger partial charge in [-0.3, -0.25) is 0 Å². The smallest absolute Gasteiger partial charge is 0.0753 e. The maximum Gasteiger partial charge on any atom is 0.0753 e. The van der Waals surface area contributed by atoms with Gasteiger partial charge in [-0.2, -0.15) is 0 Å². The minimum atomic E-state index is -0.410. The molecule has 0 N–H and O–H groups in total. The van der Waals surface area contributed by atoms with Crippen molar-refractivity contribution in [2.24, 2.45) is 0 Å². The van der Waals surface area contributed by atoms with Crippen molar-refractivity contribution < 1.29 is 0 Å². The number of allylic oxidation sites excluding steroid dienone is 8. The molecule has 0 bridgehead atoms. The molecule has 2 aliphatic rings. The summed E-state index contributed by atoms with van der Waals surface area (Å²) >= 11 is 0. The molecule has 5 aromatic carbocycles. The van der Waals surface area contributed by atoms with Crippen LogP contribution in [-0.2, 0) is 5.41 Å². The molecule has 0 radical (unpaired) electrons. The number of rotatable bonds is 5. The SMILES string of the molecule is C=C/C=C1\C(=C/C)N(C)C(/C=C\C)=C(C=C)C12c1ccccc1-c1ccccc12.CN(c1ccccc1)c1ccccc1.Cc1ccccc1. The highest BCUT2D eigenvalue weighted by Gasteiger charge is 2.52. The van der Waals surface area contributed by atoms with Crippen LogP contribution in [0.4, 0.5) is 11.4 Å². The first-order valence-electron chi connectivity index (χ1n) is 17.2. The summed E-state index contributed by atoms with van der Waals surface area (Å²) in [5, 5.41) is 0. The first-order valence-corrected chi connectivity index (χ1v) is 17.2. The average Bonchev–Trinajstić information content (AvgIpc) is 3.46. The molecule has 5 aromatic rings. The van der Waals surface area contributed by atoms with Gasteiger partial charge in [0.25, 0.3) is 0 Å². The van der Waals surface area contributed by atoms with Crippen LogP contribution in [0.1, 0.15) is 30.5 Å². The third-order valence-corrected chi connectivity index (χ3v) is 9.35. The molecule has 2 nitrogen and oxygen atoms in total. The molecule has 0 unspecified atom stereocenters. The summed E-state index contributed by atoms with van der Waals surface area (Å²) in [6, 6.07) is 48.5. The fraction of sp³-hybridized carbons (Fsp3) is 0.125. The topological polar surface area (TPSA) is 6.48 Å². The van der Waals surface area contributed by atoms with Crippen molar-refractivity contribution in [2.45, 2.75) is 26.2 Å². The lowest BCUT2D eigenvalue weighted by Gasteiger charge is -2.46. The normalized spacial score (nSPS) is 15.5. The van der Waals surface area contributed by atoms with Crippen molar-refractivity contribution in [3.8, 4) is 11.1 Å². The monoisotopic (exact) mass is 652 g/mol. The highest BCUT2D eigenvalue weighted by molar-refractivity contribution is 5.88. The molecule has 0 aromatic heterocycles. The molecule has 1 heterocycles. The quantitative estimate of drug-likeness (QED) is 0.186. The van der Waals surface area contributed by atoms with Gasteiger partial charge >= 0.3 is 0 Å². The van der Waals surface area contributed by atoms with Crippen molar-refractivity contribution in [1.29, 1.82) is 0 Å². The van der Waals surface area contributed by atoms with Crippen LogP contribution in [0, 0.1) is 6.92 Å². The van der Waals surface area contributed by atoms with Crippen molar-refractivity contribution in [3.63, 3.8) is 0 Å². The van der Waals surface area contributed by atoms with E-state index >= 15 is 0 Å². The van der Waals surface area contributed by atoms with Gasteiger partial charge in [-0.25, -0.2) is 0 Å². The van der Waals surface area contributed by atoms with Crippen LogP contribution in [0.5, 0.6) is 0 Å². The molecule has 250 valence electrons. The number of nitrogens with zero attached hydrogens (tertiary/aromatic N) is 2. The Hall–Kier alpha value is -5.86. The molecule has 0 saturated carbocycles. The number of anilines is 2. The highest BCUT2D eigenvalue weighted by Crippen LogP contribution is 2.61. The maximum absolute atomic E-state index is 4.27. The summed E-state index contributed by atoms with van der Waals surface area (Å²) in [7, 11) is 4.20. The number of fused-ring (bicyclic) bond motifs is 5. The maximum atomic E-state index is 4.27. The Morgan fingerprint density at radius 3 is 1.50 bits per heavy atom. The lowest BCUT2D eigenvalue weighted by molar-refractivity contribution is 0.481. The zero-order valence-electron chi connectivity index (χ0n) is 30.1. The highest BCUT2D eigenvalue weighted by atomic mass is 15.1. The zero-order chi connectivity index (χ0) is 35.5. The van der Waals surface area contributed by atoms with Crippen molar-refractivity contribution in [3.05, 3.63) is 228 Å². The predicted molar refractivity (Wildman–Crippen MR) is 217 cm³/mol. The first kappa shape index (κ1) is 35.4. The molecular formula is C48H48N2. The van der Waals surface area contributed by atoms with Crippen LogP contribution < -0.4 is 4.90 Å². The fourth-order valence-corrected chi connectivity index (χ4v) is 7.12. The zero-order valence-corrected chi connectivity index (χ0v) is 30.1. The van der Waals surface area contributed by atoms with E-state index in [0.29, 0.717) is 0 Å². The minimum absolute atomic E-state index is 0.410. The van der Waals surface area contributed by atoms with Crippen LogP contribution in [0.25, 0.3) is 11.1 Å². The second-order valence-electron chi connectivity index (χ2n) is 12.3. The van der Waals surface area contributed by atoms with Crippen LogP contribution >= 0.6 is 0 Å². The molecular weight excluding hydrogens is 605 g/mol. The van der Waals surface area contributed by atoms with Crippen LogP contribution in [0.3, 0.4) is 0 Å². The van der Waals surface area contributed by atoms with E-state index in [1.807, 2.05) is 42.5 Å². The summed E-state index contributed by atoms with van der Waals surface area (Å²) in [5.74, 6) is 0. The summed E-state index contributed by atoms with van der Waals surface area (Å²) in [6.45, 7) is 14.6. The Kier molecular flexibility index (Phi) is 11.7. The molecule has 0 fully saturated rings. The summed E-state index contributed by atoms with van der Waals surface area (Å²) in [4.78, 5) is 4.43. The Morgan fingerprint density at radius 1 is 0.640 bits per heavy atom. The predicted octanol–water partition coefficient (Wildman–Crippen LogP) is 12.4. The largest absolute Gasteiger partial charge is 0.345 e. The Balaban J connectivity index is 0.000000189. The summed E-state index contributed by atoms with van der Waals surface area (Å²) in [6.07, 6.45) is 12.6. The van der Waals surface area contributed by atoms with E-state index in [0.717, 1.165) is 0 Å². The summed E-state index contributed by atoms with van der Waals surface area (Å²) < 4.78 is 0. The molecule has 7 rings (SSSR count). The number of hydrogen-bond acceptors (Lipinski definition) is 2. The molecule has 1 spiro atoms. The van der Waals surface area contributed by atoms with Gasteiger partial charge in [0, 0.05) is 36.9 Å². The van der Waals surface area contributed by atoms with Gasteiger partial charge < -0.3 is 9.80 Å². The van der Waals surface area contributed by atoms with E-state index in [9.17, 15) is 0 Å². The average molecular weight is 653 g/mol. The van der Waals surface area contributed by atoms with Crippen molar-refractivity contribution in [2.75, 3.05) is 19.0 Å². The molecule has 0 saturated heterocycles. The minimum Gasteiger partial charge on any atom is -0.345 e. The van der Waals surface area contributed by atoms with Crippen molar-refractivity contribution in [1.82, 2.24) is 4.90 Å². The van der Waals surface area contributed by atoms with E-state index < -0.39 is 5.41 Å². The molecule has 50 heavy (non-hydrogen) atoms. The number of aryl methyl sites for hydroxylation is 1. The number of para-hydroxylation sites is 2. The Bertz CT molecular complexity index is 1940. The van der Waals surface area contributed by atoms with Gasteiger partial charge in [0.05, 0.1) is 5.41 Å². The van der Waals surface area contributed by atoms with Gasteiger partial charge in [-0.05, 0) is 84.5 Å². The van der Waals surface area contributed by atoms with E-state index in [4.69, 9.17) is 0 Å². The Morgan fingerprint density at radius 2 is 1.10 bits per heavy atom. The van der Waals surface area contributed by atoms with Gasteiger partial charge in [0.1, 0.15) is 0 Å². The van der Waals surface area contributed by atoms with E-state index in [2.05, 4.69) is 191 Å². The second kappa shape index (κ2) is 16.5. The number of likely N-dealkylation sites (N-methyl/N-ethyl adjacent to an activating group) is 1. The van der Waals surface area contributed by atoms with Crippen LogP contribution in [-0.4, -0.2) is 19.0 Å². The third-order valence-electron chi connectivity index (χ3n) is 9.35. The van der Waals surface area contributed by atoms with E-state index in [-0.39, 0.29) is 0 Å². The van der Waals surface area contributed by atoms with Crippen molar-refractivity contribution >= 4 is 11.4 Å². The molecule has 0 atom stereocenters. The van der Waals surface area contributed by atoms with Crippen LogP contribution in [0.2, 0.25) is 0 Å². The first-order chi connectivity index (χ1) is 24.4. The second-order valence-corrected chi connectivity index (χ2v) is 12.3. The van der Waals surface area contributed by atoms with E-state index in [1.54, 1.807) is 0 Å². The fourth-order valence-electron chi connectivity index (χ4n) is 7.12. The van der Waals surface area contributed by atoms with Gasteiger partial charge in [-0.15, -0.1) is 0 Å². The van der Waals surface area contributed by atoms with Gasteiger partial charge in [0.2, 0.25) is 0 Å². The number of benzene rings is 5. The number of hydrogen-bond donors (Lipinski definition) is 0. The lowest BCUT2D eigenvalue weighted by atomic mass is 9.63. The molecule has 1 aliphatic carbocycles. The molecule has 0 amide bonds. The van der Waals surface area contributed by atoms with E-state index in [1.165, 1.54) is 61.7 Å². The van der Waals surface area contributed by atoms with Crippen LogP contribution in [0.15, 0.2) is 212 Å². The third kappa shape index (κ3) is 6.84. The summed E-state index contributed by atoms with van der Waals surface area (Å²) in [5.41, 5.74) is 13.3. The van der Waals surface area contributed by atoms with Gasteiger partial charge in [0.15, 0.2) is 0 Å². The van der Waals surface area contributed by atoms with Gasteiger partial charge in [-0.1, -0.05) is 164 Å².